The van der Waals surface area contributed by atoms with Crippen molar-refractivity contribution in [3.63, 3.8) is 0 Å². The van der Waals surface area contributed by atoms with E-state index in [-0.39, 0.29) is 0 Å². The van der Waals surface area contributed by atoms with Gasteiger partial charge in [-0.25, -0.2) is 0 Å². The highest BCUT2D eigenvalue weighted by Gasteiger charge is 2.20. The lowest BCUT2D eigenvalue weighted by atomic mass is 9.84. The van der Waals surface area contributed by atoms with E-state index in [4.69, 9.17) is 4.42 Å². The van der Waals surface area contributed by atoms with E-state index in [9.17, 15) is 0 Å². The lowest BCUT2D eigenvalue weighted by Crippen LogP contribution is -2.09. The van der Waals surface area contributed by atoms with E-state index in [2.05, 4.69) is 229 Å². The summed E-state index contributed by atoms with van der Waals surface area (Å²) < 4.78 is 6.42. The molecule has 290 valence electrons. The van der Waals surface area contributed by atoms with Gasteiger partial charge in [-0.3, -0.25) is 0 Å². The predicted molar refractivity (Wildman–Crippen MR) is 263 cm³/mol. The van der Waals surface area contributed by atoms with Crippen LogP contribution in [-0.2, 0) is 0 Å². The second-order valence-electron chi connectivity index (χ2n) is 16.1. The molecule has 0 N–H and O–H groups in total. The van der Waals surface area contributed by atoms with Crippen LogP contribution in [0.25, 0.3) is 98.8 Å². The molecule has 0 aliphatic carbocycles. The van der Waals surface area contributed by atoms with Crippen LogP contribution in [0.4, 0.5) is 17.1 Å². The summed E-state index contributed by atoms with van der Waals surface area (Å²) in [6.45, 7) is 0. The number of rotatable bonds is 7. The van der Waals surface area contributed by atoms with Crippen molar-refractivity contribution < 1.29 is 4.42 Å². The van der Waals surface area contributed by atoms with Gasteiger partial charge < -0.3 is 9.32 Å². The summed E-state index contributed by atoms with van der Waals surface area (Å²) in [5.41, 5.74) is 14.6. The molecule has 0 bridgehead atoms. The predicted octanol–water partition coefficient (Wildman–Crippen LogP) is 17.2. The molecular weight excluding hydrogens is 751 g/mol. The molecule has 11 aromatic carbocycles. The summed E-state index contributed by atoms with van der Waals surface area (Å²) in [7, 11) is 0. The Morgan fingerprint density at radius 1 is 0.242 bits per heavy atom. The molecule has 0 atom stereocenters. The molecule has 0 saturated heterocycles. The average Bonchev–Trinajstić information content (AvgIpc) is 3.72. The molecule has 2 nitrogen and oxygen atoms in total. The second kappa shape index (κ2) is 14.8. The normalized spacial score (nSPS) is 11.5. The fraction of sp³-hybridized carbons (Fsp3) is 0. The maximum absolute atomic E-state index is 6.42. The van der Waals surface area contributed by atoms with Gasteiger partial charge in [-0.15, -0.1) is 0 Å². The molecule has 1 aromatic heterocycles. The van der Waals surface area contributed by atoms with Gasteiger partial charge >= 0.3 is 0 Å². The highest BCUT2D eigenvalue weighted by Crippen LogP contribution is 2.46. The zero-order valence-electron chi connectivity index (χ0n) is 33.9. The van der Waals surface area contributed by atoms with Crippen molar-refractivity contribution in [2.45, 2.75) is 0 Å². The zero-order chi connectivity index (χ0) is 41.0. The fourth-order valence-corrected chi connectivity index (χ4v) is 9.46. The highest BCUT2D eigenvalue weighted by molar-refractivity contribution is 6.22. The van der Waals surface area contributed by atoms with Crippen LogP contribution in [0.15, 0.2) is 241 Å². The van der Waals surface area contributed by atoms with E-state index in [1.807, 2.05) is 12.1 Å². The van der Waals surface area contributed by atoms with Crippen molar-refractivity contribution in [1.29, 1.82) is 0 Å². The maximum atomic E-state index is 6.42. The number of hydrogen-bond acceptors (Lipinski definition) is 2. The van der Waals surface area contributed by atoms with Crippen LogP contribution in [0.2, 0.25) is 0 Å². The van der Waals surface area contributed by atoms with Gasteiger partial charge in [0, 0.05) is 33.9 Å². The zero-order valence-corrected chi connectivity index (χ0v) is 33.9. The third-order valence-electron chi connectivity index (χ3n) is 12.4. The van der Waals surface area contributed by atoms with Gasteiger partial charge in [-0.2, -0.15) is 0 Å². The monoisotopic (exact) mass is 789 g/mol. The standard InChI is InChI=1S/C60H39NO/c1-3-14-43(15-4-1)59-55-21-10-9-19-51(55)52-35-29-47(38-56(52)60(59)44-16-5-2-6-17-44)42-27-32-49(33-28-42)61(50-34-36-54-53-20-11-12-22-57(53)62-58(54)39-50)48-30-25-41(26-31-48)46-24-23-40-13-7-8-18-45(40)37-46/h1-39H. The minimum Gasteiger partial charge on any atom is -0.456 e. The van der Waals surface area contributed by atoms with Crippen LogP contribution in [0.1, 0.15) is 0 Å². The third kappa shape index (κ3) is 6.12. The van der Waals surface area contributed by atoms with Crippen molar-refractivity contribution in [1.82, 2.24) is 0 Å². The van der Waals surface area contributed by atoms with Crippen molar-refractivity contribution in [2.24, 2.45) is 0 Å². The number of nitrogens with zero attached hydrogens (tertiary/aromatic N) is 1. The molecule has 0 aliphatic heterocycles. The summed E-state index contributed by atoms with van der Waals surface area (Å²) in [5, 5.41) is 9.72. The minimum absolute atomic E-state index is 0.867. The maximum Gasteiger partial charge on any atom is 0.137 e. The van der Waals surface area contributed by atoms with Crippen LogP contribution in [0.3, 0.4) is 0 Å². The number of hydrogen-bond donors (Lipinski definition) is 0. The van der Waals surface area contributed by atoms with Crippen LogP contribution >= 0.6 is 0 Å². The Balaban J connectivity index is 0.987. The molecule has 62 heavy (non-hydrogen) atoms. The van der Waals surface area contributed by atoms with Crippen molar-refractivity contribution in [3.05, 3.63) is 237 Å². The number of anilines is 3. The Morgan fingerprint density at radius 3 is 1.40 bits per heavy atom. The summed E-state index contributed by atoms with van der Waals surface area (Å²) in [6, 6.07) is 85.5. The molecule has 2 heteroatoms. The molecule has 1 heterocycles. The molecule has 0 spiro atoms. The minimum atomic E-state index is 0.867. The topological polar surface area (TPSA) is 16.4 Å². The molecule has 0 fully saturated rings. The molecule has 0 radical (unpaired) electrons. The first kappa shape index (κ1) is 35.7. The Hall–Kier alpha value is -8.20. The SMILES string of the molecule is c1ccc(-c2c(-c3ccccc3)c3cc(-c4ccc(N(c5ccc(-c6ccc7ccccc7c6)cc5)c5ccc6c(c5)oc5ccccc56)cc4)ccc3c3ccccc23)cc1. The smallest absolute Gasteiger partial charge is 0.137 e. The molecule has 0 amide bonds. The number of benzene rings is 11. The largest absolute Gasteiger partial charge is 0.456 e. The van der Waals surface area contributed by atoms with Crippen LogP contribution in [0, 0.1) is 0 Å². The van der Waals surface area contributed by atoms with E-state index < -0.39 is 0 Å². The summed E-state index contributed by atoms with van der Waals surface area (Å²) >= 11 is 0. The first-order chi connectivity index (χ1) is 30.7. The van der Waals surface area contributed by atoms with Crippen LogP contribution in [0.5, 0.6) is 0 Å². The summed E-state index contributed by atoms with van der Waals surface area (Å²) in [6.07, 6.45) is 0. The third-order valence-corrected chi connectivity index (χ3v) is 12.4. The van der Waals surface area contributed by atoms with E-state index in [0.29, 0.717) is 0 Å². The summed E-state index contributed by atoms with van der Waals surface area (Å²) in [4.78, 5) is 2.33. The van der Waals surface area contributed by atoms with Gasteiger partial charge in [0.2, 0.25) is 0 Å². The number of fused-ring (bicyclic) bond motifs is 7. The van der Waals surface area contributed by atoms with E-state index in [1.165, 1.54) is 71.3 Å². The van der Waals surface area contributed by atoms with E-state index >= 15 is 0 Å². The van der Waals surface area contributed by atoms with E-state index in [0.717, 1.165) is 44.6 Å². The molecule has 12 aromatic rings. The van der Waals surface area contributed by atoms with Crippen LogP contribution < -0.4 is 4.90 Å². The van der Waals surface area contributed by atoms with Gasteiger partial charge in [0.15, 0.2) is 0 Å². The molecular formula is C60H39NO. The molecule has 12 rings (SSSR count). The first-order valence-electron chi connectivity index (χ1n) is 21.2. The van der Waals surface area contributed by atoms with Gasteiger partial charge in [0.05, 0.1) is 0 Å². The van der Waals surface area contributed by atoms with Gasteiger partial charge in [0.25, 0.3) is 0 Å². The number of para-hydroxylation sites is 1. The first-order valence-corrected chi connectivity index (χ1v) is 21.2. The van der Waals surface area contributed by atoms with Crippen molar-refractivity contribution in [2.75, 3.05) is 4.90 Å². The molecule has 0 aliphatic rings. The van der Waals surface area contributed by atoms with Gasteiger partial charge in [-0.1, -0.05) is 176 Å². The Bertz CT molecular complexity index is 3610. The van der Waals surface area contributed by atoms with Crippen molar-refractivity contribution >= 4 is 71.3 Å². The Morgan fingerprint density at radius 2 is 0.710 bits per heavy atom. The average molecular weight is 790 g/mol. The highest BCUT2D eigenvalue weighted by atomic mass is 16.3. The van der Waals surface area contributed by atoms with Crippen LogP contribution in [-0.4, -0.2) is 0 Å². The second-order valence-corrected chi connectivity index (χ2v) is 16.1. The Kier molecular flexibility index (Phi) is 8.53. The lowest BCUT2D eigenvalue weighted by Gasteiger charge is -2.26. The van der Waals surface area contributed by atoms with Gasteiger partial charge in [0.1, 0.15) is 11.2 Å². The lowest BCUT2D eigenvalue weighted by molar-refractivity contribution is 0.669. The van der Waals surface area contributed by atoms with Gasteiger partial charge in [-0.05, 0) is 131 Å². The number of furan rings is 1. The van der Waals surface area contributed by atoms with E-state index in [1.54, 1.807) is 0 Å². The molecule has 0 saturated carbocycles. The van der Waals surface area contributed by atoms with Crippen molar-refractivity contribution in [3.8, 4) is 44.5 Å². The molecule has 0 unspecified atom stereocenters. The fourth-order valence-electron chi connectivity index (χ4n) is 9.46. The Labute approximate surface area is 360 Å². The summed E-state index contributed by atoms with van der Waals surface area (Å²) in [5.74, 6) is 0. The quantitative estimate of drug-likeness (QED) is 0.150.